The Morgan fingerprint density at radius 2 is 2.11 bits per heavy atom. The minimum atomic E-state index is -1.02. The van der Waals surface area contributed by atoms with Crippen LogP contribution in [0.3, 0.4) is 0 Å². The molecular formula is C13H22N2O4. The molecular weight excluding hydrogens is 248 g/mol. The van der Waals surface area contributed by atoms with Crippen LogP contribution in [0.25, 0.3) is 0 Å². The molecule has 0 spiro atoms. The smallest absolute Gasteiger partial charge is 0.326 e. The number of carboxylic acid groups (broad SMARTS) is 1. The highest BCUT2D eigenvalue weighted by atomic mass is 16.4. The molecule has 0 radical (unpaired) electrons. The van der Waals surface area contributed by atoms with Crippen molar-refractivity contribution in [2.24, 2.45) is 0 Å². The number of rotatable bonds is 6. The van der Waals surface area contributed by atoms with Crippen LogP contribution in [0.15, 0.2) is 0 Å². The summed E-state index contributed by atoms with van der Waals surface area (Å²) < 4.78 is 0. The predicted molar refractivity (Wildman–Crippen MR) is 69.5 cm³/mol. The van der Waals surface area contributed by atoms with E-state index in [1.807, 2.05) is 6.92 Å². The maximum Gasteiger partial charge on any atom is 0.326 e. The Hall–Kier alpha value is -1.59. The predicted octanol–water partition coefficient (Wildman–Crippen LogP) is 0.757. The highest BCUT2D eigenvalue weighted by Crippen LogP contribution is 2.17. The van der Waals surface area contributed by atoms with Gasteiger partial charge in [0.25, 0.3) is 0 Å². The van der Waals surface area contributed by atoms with E-state index in [0.717, 1.165) is 19.3 Å². The van der Waals surface area contributed by atoms with Crippen LogP contribution < -0.4 is 5.32 Å². The first-order valence-corrected chi connectivity index (χ1v) is 6.77. The highest BCUT2D eigenvalue weighted by molar-refractivity contribution is 5.90. The van der Waals surface area contributed by atoms with Crippen molar-refractivity contribution in [3.63, 3.8) is 0 Å². The molecule has 0 saturated carbocycles. The largest absolute Gasteiger partial charge is 0.480 e. The van der Waals surface area contributed by atoms with E-state index in [1.54, 1.807) is 0 Å². The van der Waals surface area contributed by atoms with E-state index in [-0.39, 0.29) is 11.8 Å². The summed E-state index contributed by atoms with van der Waals surface area (Å²) in [6.07, 6.45) is 3.43. The van der Waals surface area contributed by atoms with Gasteiger partial charge in [-0.1, -0.05) is 19.8 Å². The third kappa shape index (κ3) is 4.22. The molecule has 1 aliphatic heterocycles. The van der Waals surface area contributed by atoms with Gasteiger partial charge in [0.15, 0.2) is 0 Å². The topological polar surface area (TPSA) is 86.7 Å². The van der Waals surface area contributed by atoms with Crippen LogP contribution in [0.5, 0.6) is 0 Å². The molecule has 0 aliphatic carbocycles. The summed E-state index contributed by atoms with van der Waals surface area (Å²) >= 11 is 0. The van der Waals surface area contributed by atoms with Crippen molar-refractivity contribution >= 4 is 17.8 Å². The second kappa shape index (κ2) is 7.11. The van der Waals surface area contributed by atoms with Gasteiger partial charge in [0.1, 0.15) is 12.1 Å². The van der Waals surface area contributed by atoms with Gasteiger partial charge in [-0.2, -0.15) is 0 Å². The summed E-state index contributed by atoms with van der Waals surface area (Å²) in [7, 11) is 0. The summed E-state index contributed by atoms with van der Waals surface area (Å²) in [5.74, 6) is -1.51. The Kier molecular flexibility index (Phi) is 5.79. The molecule has 0 bridgehead atoms. The Bertz CT molecular complexity index is 357. The first-order chi connectivity index (χ1) is 8.97. The SMILES string of the molecule is CCCCC(NC(=O)C1CCCN1C(C)=O)C(=O)O. The fraction of sp³-hybridized carbons (Fsp3) is 0.769. The van der Waals surface area contributed by atoms with Crippen LogP contribution >= 0.6 is 0 Å². The number of nitrogens with one attached hydrogen (secondary N) is 1. The van der Waals surface area contributed by atoms with Crippen molar-refractivity contribution in [2.75, 3.05) is 6.54 Å². The Balaban J connectivity index is 2.60. The van der Waals surface area contributed by atoms with Crippen LogP contribution in [0.4, 0.5) is 0 Å². The van der Waals surface area contributed by atoms with Gasteiger partial charge in [-0.3, -0.25) is 9.59 Å². The van der Waals surface area contributed by atoms with Gasteiger partial charge in [0.2, 0.25) is 11.8 Å². The van der Waals surface area contributed by atoms with Crippen LogP contribution in [-0.4, -0.2) is 46.4 Å². The number of carbonyl (C=O) groups is 3. The molecule has 2 unspecified atom stereocenters. The van der Waals surface area contributed by atoms with Gasteiger partial charge in [-0.25, -0.2) is 4.79 Å². The summed E-state index contributed by atoms with van der Waals surface area (Å²) in [5, 5.41) is 11.6. The number of carboxylic acids is 1. The van der Waals surface area contributed by atoms with E-state index < -0.39 is 18.1 Å². The molecule has 6 heteroatoms. The lowest BCUT2D eigenvalue weighted by molar-refractivity contribution is -0.143. The fourth-order valence-corrected chi connectivity index (χ4v) is 2.35. The Labute approximate surface area is 113 Å². The molecule has 0 aromatic heterocycles. The summed E-state index contributed by atoms with van der Waals surface area (Å²) in [6, 6.07) is -1.37. The first-order valence-electron chi connectivity index (χ1n) is 6.77. The van der Waals surface area contributed by atoms with Crippen molar-refractivity contribution in [1.82, 2.24) is 10.2 Å². The third-order valence-electron chi connectivity index (χ3n) is 3.42. The number of carbonyl (C=O) groups excluding carboxylic acids is 2. The molecule has 6 nitrogen and oxygen atoms in total. The van der Waals surface area contributed by atoms with Crippen LogP contribution in [-0.2, 0) is 14.4 Å². The number of aliphatic carboxylic acids is 1. The molecule has 2 amide bonds. The standard InChI is InChI=1S/C13H22N2O4/c1-3-4-6-10(13(18)19)14-12(17)11-7-5-8-15(11)9(2)16/h10-11H,3-8H2,1-2H3,(H,14,17)(H,18,19). The lowest BCUT2D eigenvalue weighted by Gasteiger charge is -2.24. The van der Waals surface area contributed by atoms with E-state index in [0.29, 0.717) is 19.4 Å². The zero-order valence-electron chi connectivity index (χ0n) is 11.5. The van der Waals surface area contributed by atoms with Gasteiger partial charge >= 0.3 is 5.97 Å². The number of unbranched alkanes of at least 4 members (excludes halogenated alkanes) is 1. The summed E-state index contributed by atoms with van der Waals surface area (Å²) in [4.78, 5) is 36.0. The van der Waals surface area contributed by atoms with Gasteiger partial charge in [0, 0.05) is 13.5 Å². The fourth-order valence-electron chi connectivity index (χ4n) is 2.35. The van der Waals surface area contributed by atoms with Gasteiger partial charge in [-0.05, 0) is 19.3 Å². The number of hydrogen-bond acceptors (Lipinski definition) is 3. The average Bonchev–Trinajstić information content (AvgIpc) is 2.83. The molecule has 1 aliphatic rings. The molecule has 19 heavy (non-hydrogen) atoms. The number of nitrogens with zero attached hydrogens (tertiary/aromatic N) is 1. The van der Waals surface area contributed by atoms with E-state index in [2.05, 4.69) is 5.32 Å². The molecule has 1 saturated heterocycles. The van der Waals surface area contributed by atoms with Crippen molar-refractivity contribution in [1.29, 1.82) is 0 Å². The zero-order chi connectivity index (χ0) is 14.4. The van der Waals surface area contributed by atoms with E-state index in [4.69, 9.17) is 5.11 Å². The monoisotopic (exact) mass is 270 g/mol. The molecule has 2 N–H and O–H groups in total. The third-order valence-corrected chi connectivity index (χ3v) is 3.42. The molecule has 108 valence electrons. The lowest BCUT2D eigenvalue weighted by Crippen LogP contribution is -2.50. The second-order valence-corrected chi connectivity index (χ2v) is 4.91. The highest BCUT2D eigenvalue weighted by Gasteiger charge is 2.34. The first kappa shape index (κ1) is 15.5. The maximum atomic E-state index is 12.1. The average molecular weight is 270 g/mol. The number of hydrogen-bond donors (Lipinski definition) is 2. The van der Waals surface area contributed by atoms with Crippen LogP contribution in [0.2, 0.25) is 0 Å². The van der Waals surface area contributed by atoms with Crippen LogP contribution in [0.1, 0.15) is 46.0 Å². The molecule has 0 aromatic carbocycles. The zero-order valence-corrected chi connectivity index (χ0v) is 11.5. The Morgan fingerprint density at radius 3 is 2.63 bits per heavy atom. The van der Waals surface area contributed by atoms with E-state index in [9.17, 15) is 14.4 Å². The second-order valence-electron chi connectivity index (χ2n) is 4.91. The molecule has 1 rings (SSSR count). The van der Waals surface area contributed by atoms with Gasteiger partial charge < -0.3 is 15.3 Å². The van der Waals surface area contributed by atoms with Crippen LogP contribution in [0, 0.1) is 0 Å². The van der Waals surface area contributed by atoms with Crippen molar-refractivity contribution < 1.29 is 19.5 Å². The molecule has 2 atom stereocenters. The molecule has 1 fully saturated rings. The van der Waals surface area contributed by atoms with E-state index >= 15 is 0 Å². The summed E-state index contributed by atoms with van der Waals surface area (Å²) in [5.41, 5.74) is 0. The summed E-state index contributed by atoms with van der Waals surface area (Å²) in [6.45, 7) is 3.96. The number of likely N-dealkylation sites (tertiary alicyclic amines) is 1. The van der Waals surface area contributed by atoms with Gasteiger partial charge in [0.05, 0.1) is 0 Å². The lowest BCUT2D eigenvalue weighted by atomic mass is 10.1. The quantitative estimate of drug-likeness (QED) is 0.746. The van der Waals surface area contributed by atoms with E-state index in [1.165, 1.54) is 11.8 Å². The Morgan fingerprint density at radius 1 is 1.42 bits per heavy atom. The molecule has 0 aromatic rings. The maximum absolute atomic E-state index is 12.1. The van der Waals surface area contributed by atoms with Crippen molar-refractivity contribution in [3.05, 3.63) is 0 Å². The number of amides is 2. The molecule has 1 heterocycles. The minimum absolute atomic E-state index is 0.141. The van der Waals surface area contributed by atoms with Crippen molar-refractivity contribution in [2.45, 2.75) is 58.0 Å². The van der Waals surface area contributed by atoms with Crippen molar-refractivity contribution in [3.8, 4) is 0 Å². The normalized spacial score (nSPS) is 20.1. The minimum Gasteiger partial charge on any atom is -0.480 e. The van der Waals surface area contributed by atoms with Gasteiger partial charge in [-0.15, -0.1) is 0 Å².